The predicted molar refractivity (Wildman–Crippen MR) is 73.6 cm³/mol. The topological polar surface area (TPSA) is 72.8 Å². The summed E-state index contributed by atoms with van der Waals surface area (Å²) in [7, 11) is 1.62. The molecule has 0 aliphatic rings. The van der Waals surface area contributed by atoms with Crippen LogP contribution in [0.2, 0.25) is 0 Å². The van der Waals surface area contributed by atoms with Gasteiger partial charge in [-0.25, -0.2) is 4.79 Å². The molecule has 98 valence electrons. The smallest absolute Gasteiger partial charge is 0.326 e. The molecule has 0 heterocycles. The van der Waals surface area contributed by atoms with Gasteiger partial charge in [-0.3, -0.25) is 4.90 Å². The molecule has 0 atom stereocenters. The molecule has 3 N–H and O–H groups in total. The van der Waals surface area contributed by atoms with Crippen molar-refractivity contribution in [1.82, 2.24) is 0 Å². The van der Waals surface area contributed by atoms with Gasteiger partial charge in [-0.1, -0.05) is 6.07 Å². The monoisotopic (exact) mass is 258 g/mol. The number of aromatic hydroxyl groups is 2. The van der Waals surface area contributed by atoms with Gasteiger partial charge in [-0.2, -0.15) is 0 Å². The summed E-state index contributed by atoms with van der Waals surface area (Å²) in [6.07, 6.45) is 0. The lowest BCUT2D eigenvalue weighted by Crippen LogP contribution is -2.31. The lowest BCUT2D eigenvalue weighted by Gasteiger charge is -2.18. The molecule has 5 nitrogen and oxygen atoms in total. The molecular weight excluding hydrogens is 244 g/mol. The average Bonchev–Trinajstić information content (AvgIpc) is 2.39. The van der Waals surface area contributed by atoms with Crippen LogP contribution >= 0.6 is 0 Å². The van der Waals surface area contributed by atoms with Crippen LogP contribution in [-0.2, 0) is 0 Å². The van der Waals surface area contributed by atoms with E-state index in [0.29, 0.717) is 11.4 Å². The highest BCUT2D eigenvalue weighted by Crippen LogP contribution is 2.19. The van der Waals surface area contributed by atoms with E-state index < -0.39 is 0 Å². The molecule has 2 aromatic carbocycles. The minimum atomic E-state index is -0.337. The second-order valence-electron chi connectivity index (χ2n) is 4.06. The van der Waals surface area contributed by atoms with Crippen LogP contribution in [0, 0.1) is 0 Å². The Balaban J connectivity index is 2.09. The minimum Gasteiger partial charge on any atom is -0.508 e. The Labute approximate surface area is 110 Å². The quantitative estimate of drug-likeness (QED) is 0.775. The number of urea groups is 1. The lowest BCUT2D eigenvalue weighted by atomic mass is 10.3. The van der Waals surface area contributed by atoms with E-state index in [1.165, 1.54) is 29.2 Å². The molecule has 2 aromatic rings. The van der Waals surface area contributed by atoms with E-state index >= 15 is 0 Å². The van der Waals surface area contributed by atoms with Gasteiger partial charge in [0.2, 0.25) is 0 Å². The summed E-state index contributed by atoms with van der Waals surface area (Å²) in [5.74, 6) is 0.232. The lowest BCUT2D eigenvalue weighted by molar-refractivity contribution is 0.258. The van der Waals surface area contributed by atoms with Crippen molar-refractivity contribution in [2.75, 3.05) is 17.3 Å². The number of rotatable bonds is 2. The highest BCUT2D eigenvalue weighted by atomic mass is 16.3. The first-order valence-corrected chi connectivity index (χ1v) is 5.69. The molecule has 0 aromatic heterocycles. The number of nitrogens with zero attached hydrogens (tertiary/aromatic N) is 1. The van der Waals surface area contributed by atoms with Crippen LogP contribution in [0.3, 0.4) is 0 Å². The SMILES string of the molecule is CN(C(=O)Nc1cccc(O)c1)c1ccc(O)cc1. The fourth-order valence-electron chi connectivity index (χ4n) is 1.58. The van der Waals surface area contributed by atoms with Gasteiger partial charge in [0.05, 0.1) is 0 Å². The largest absolute Gasteiger partial charge is 0.508 e. The Bertz CT molecular complexity index is 581. The second-order valence-corrected chi connectivity index (χ2v) is 4.06. The molecule has 0 fully saturated rings. The summed E-state index contributed by atoms with van der Waals surface area (Å²) in [5.41, 5.74) is 1.16. The van der Waals surface area contributed by atoms with Crippen molar-refractivity contribution >= 4 is 17.4 Å². The molecule has 0 spiro atoms. The summed E-state index contributed by atoms with van der Waals surface area (Å²) in [4.78, 5) is 13.4. The van der Waals surface area contributed by atoms with E-state index in [0.717, 1.165) is 0 Å². The molecule has 0 saturated heterocycles. The van der Waals surface area contributed by atoms with E-state index in [1.807, 2.05) is 0 Å². The van der Waals surface area contributed by atoms with Crippen LogP contribution in [0.5, 0.6) is 11.5 Å². The van der Waals surface area contributed by atoms with Gasteiger partial charge >= 0.3 is 6.03 Å². The van der Waals surface area contributed by atoms with Crippen molar-refractivity contribution in [3.8, 4) is 11.5 Å². The van der Waals surface area contributed by atoms with Crippen molar-refractivity contribution in [2.24, 2.45) is 0 Å². The van der Waals surface area contributed by atoms with Crippen LogP contribution in [0.15, 0.2) is 48.5 Å². The molecule has 19 heavy (non-hydrogen) atoms. The van der Waals surface area contributed by atoms with Gasteiger partial charge in [0.15, 0.2) is 0 Å². The third-order valence-corrected chi connectivity index (χ3v) is 2.64. The summed E-state index contributed by atoms with van der Waals surface area (Å²) in [5, 5.41) is 21.2. The number of carbonyl (C=O) groups is 1. The Kier molecular flexibility index (Phi) is 3.56. The van der Waals surface area contributed by atoms with Crippen molar-refractivity contribution in [2.45, 2.75) is 0 Å². The number of benzene rings is 2. The van der Waals surface area contributed by atoms with E-state index in [2.05, 4.69) is 5.32 Å². The minimum absolute atomic E-state index is 0.0880. The van der Waals surface area contributed by atoms with Gasteiger partial charge in [0.25, 0.3) is 0 Å². The maximum absolute atomic E-state index is 12.0. The first-order chi connectivity index (χ1) is 9.06. The maximum atomic E-state index is 12.0. The standard InChI is InChI=1S/C14H14N2O3/c1-16(11-5-7-12(17)8-6-11)14(19)15-10-3-2-4-13(18)9-10/h2-9,17-18H,1H3,(H,15,19). The highest BCUT2D eigenvalue weighted by Gasteiger charge is 2.11. The zero-order chi connectivity index (χ0) is 13.8. The fourth-order valence-corrected chi connectivity index (χ4v) is 1.58. The summed E-state index contributed by atoms with van der Waals surface area (Å²) >= 11 is 0. The number of carbonyl (C=O) groups excluding carboxylic acids is 1. The molecule has 0 radical (unpaired) electrons. The highest BCUT2D eigenvalue weighted by molar-refractivity contribution is 6.01. The number of phenols is 2. The molecule has 0 aliphatic heterocycles. The third-order valence-electron chi connectivity index (χ3n) is 2.64. The second kappa shape index (κ2) is 5.30. The van der Waals surface area contributed by atoms with Crippen molar-refractivity contribution in [3.63, 3.8) is 0 Å². The Morgan fingerprint density at radius 2 is 1.74 bits per heavy atom. The number of hydrogen-bond acceptors (Lipinski definition) is 3. The normalized spacial score (nSPS) is 9.95. The number of hydrogen-bond donors (Lipinski definition) is 3. The van der Waals surface area contributed by atoms with Gasteiger partial charge in [0.1, 0.15) is 11.5 Å². The maximum Gasteiger partial charge on any atom is 0.326 e. The van der Waals surface area contributed by atoms with Crippen LogP contribution in [-0.4, -0.2) is 23.3 Å². The Morgan fingerprint density at radius 1 is 1.05 bits per heavy atom. The summed E-state index contributed by atoms with van der Waals surface area (Å²) in [6, 6.07) is 12.3. The van der Waals surface area contributed by atoms with Crippen LogP contribution in [0.1, 0.15) is 0 Å². The van der Waals surface area contributed by atoms with E-state index in [4.69, 9.17) is 0 Å². The number of anilines is 2. The molecule has 0 aliphatic carbocycles. The molecule has 0 saturated carbocycles. The van der Waals surface area contributed by atoms with E-state index in [1.54, 1.807) is 31.3 Å². The first-order valence-electron chi connectivity index (χ1n) is 5.69. The zero-order valence-electron chi connectivity index (χ0n) is 10.4. The molecule has 2 amide bonds. The Morgan fingerprint density at radius 3 is 2.37 bits per heavy atom. The summed E-state index contributed by atoms with van der Waals surface area (Å²) < 4.78 is 0. The van der Waals surface area contributed by atoms with E-state index in [9.17, 15) is 15.0 Å². The van der Waals surface area contributed by atoms with Crippen LogP contribution < -0.4 is 10.2 Å². The Hall–Kier alpha value is -2.69. The van der Waals surface area contributed by atoms with Crippen molar-refractivity contribution in [1.29, 1.82) is 0 Å². The third kappa shape index (κ3) is 3.16. The first kappa shape index (κ1) is 12.8. The van der Waals surface area contributed by atoms with Crippen LogP contribution in [0.25, 0.3) is 0 Å². The van der Waals surface area contributed by atoms with E-state index in [-0.39, 0.29) is 17.5 Å². The number of phenolic OH excluding ortho intramolecular Hbond substituents is 2. The van der Waals surface area contributed by atoms with Gasteiger partial charge in [0, 0.05) is 24.5 Å². The molecular formula is C14H14N2O3. The fraction of sp³-hybridized carbons (Fsp3) is 0.0714. The van der Waals surface area contributed by atoms with Gasteiger partial charge in [-0.05, 0) is 36.4 Å². The molecule has 0 bridgehead atoms. The van der Waals surface area contributed by atoms with Gasteiger partial charge < -0.3 is 15.5 Å². The predicted octanol–water partition coefficient (Wildman–Crippen LogP) is 2.77. The van der Waals surface area contributed by atoms with Crippen molar-refractivity contribution in [3.05, 3.63) is 48.5 Å². The molecule has 0 unspecified atom stereocenters. The van der Waals surface area contributed by atoms with Crippen molar-refractivity contribution < 1.29 is 15.0 Å². The number of amides is 2. The zero-order valence-corrected chi connectivity index (χ0v) is 10.4. The average molecular weight is 258 g/mol. The number of nitrogens with one attached hydrogen (secondary N) is 1. The van der Waals surface area contributed by atoms with Gasteiger partial charge in [-0.15, -0.1) is 0 Å². The molecule has 2 rings (SSSR count). The summed E-state index contributed by atoms with van der Waals surface area (Å²) in [6.45, 7) is 0. The molecule has 5 heteroatoms. The van der Waals surface area contributed by atoms with Crippen LogP contribution in [0.4, 0.5) is 16.2 Å².